The van der Waals surface area contributed by atoms with Gasteiger partial charge in [-0.1, -0.05) is 18.2 Å². The lowest BCUT2D eigenvalue weighted by molar-refractivity contribution is 0.0937. The molecule has 0 bridgehead atoms. The van der Waals surface area contributed by atoms with Crippen LogP contribution in [0.1, 0.15) is 10.4 Å². The third-order valence-electron chi connectivity index (χ3n) is 3.49. The number of hydrogen-bond donors (Lipinski definition) is 1. The second kappa shape index (κ2) is 7.94. The highest BCUT2D eigenvalue weighted by molar-refractivity contribution is 7.92. The molecule has 0 aliphatic rings. The van der Waals surface area contributed by atoms with E-state index in [4.69, 9.17) is 4.74 Å². The maximum atomic E-state index is 12.6. The number of anilines is 1. The van der Waals surface area contributed by atoms with Crippen molar-refractivity contribution >= 4 is 21.6 Å². The van der Waals surface area contributed by atoms with E-state index in [1.165, 1.54) is 11.4 Å². The number of hydrogen-bond acceptors (Lipinski definition) is 4. The van der Waals surface area contributed by atoms with Gasteiger partial charge in [-0.3, -0.25) is 9.10 Å². The normalized spacial score (nSPS) is 11.1. The topological polar surface area (TPSA) is 75.7 Å². The van der Waals surface area contributed by atoms with Crippen LogP contribution < -0.4 is 9.62 Å². The highest BCUT2D eigenvalue weighted by Gasteiger charge is 2.21. The van der Waals surface area contributed by atoms with Crippen LogP contribution in [0.4, 0.5) is 5.69 Å². The van der Waals surface area contributed by atoms with Crippen molar-refractivity contribution in [3.05, 3.63) is 60.2 Å². The van der Waals surface area contributed by atoms with Crippen molar-refractivity contribution in [1.29, 1.82) is 0 Å². The van der Waals surface area contributed by atoms with E-state index in [-0.39, 0.29) is 10.8 Å². The lowest BCUT2D eigenvalue weighted by atomic mass is 10.2. The quantitative estimate of drug-likeness (QED) is 0.775. The van der Waals surface area contributed by atoms with Crippen LogP contribution in [0.5, 0.6) is 0 Å². The van der Waals surface area contributed by atoms with E-state index in [1.54, 1.807) is 61.7 Å². The van der Waals surface area contributed by atoms with E-state index >= 15 is 0 Å². The van der Waals surface area contributed by atoms with Crippen molar-refractivity contribution in [2.24, 2.45) is 0 Å². The number of nitrogens with one attached hydrogen (secondary N) is 1. The predicted octanol–water partition coefficient (Wildman–Crippen LogP) is 1.89. The van der Waals surface area contributed by atoms with Crippen LogP contribution in [0.3, 0.4) is 0 Å². The van der Waals surface area contributed by atoms with Crippen LogP contribution >= 0.6 is 0 Å². The third kappa shape index (κ3) is 4.12. The zero-order valence-corrected chi connectivity index (χ0v) is 14.4. The van der Waals surface area contributed by atoms with Gasteiger partial charge in [0.2, 0.25) is 0 Å². The molecule has 0 spiro atoms. The maximum absolute atomic E-state index is 12.6. The first-order valence-corrected chi connectivity index (χ1v) is 8.82. The smallest absolute Gasteiger partial charge is 0.264 e. The summed E-state index contributed by atoms with van der Waals surface area (Å²) >= 11 is 0. The summed E-state index contributed by atoms with van der Waals surface area (Å²) in [6, 6.07) is 14.6. The predicted molar refractivity (Wildman–Crippen MR) is 92.7 cm³/mol. The van der Waals surface area contributed by atoms with Crippen LogP contribution in [0, 0.1) is 0 Å². The molecule has 24 heavy (non-hydrogen) atoms. The summed E-state index contributed by atoms with van der Waals surface area (Å²) in [5.41, 5.74) is 0.938. The van der Waals surface area contributed by atoms with E-state index in [0.717, 1.165) is 0 Å². The number of ether oxygens (including phenoxy) is 1. The van der Waals surface area contributed by atoms with Crippen molar-refractivity contribution in [2.75, 3.05) is 31.6 Å². The second-order valence-electron chi connectivity index (χ2n) is 5.08. The van der Waals surface area contributed by atoms with Crippen LogP contribution in [-0.4, -0.2) is 41.6 Å². The fourth-order valence-electron chi connectivity index (χ4n) is 2.08. The molecule has 0 aliphatic heterocycles. The molecule has 0 heterocycles. The number of carbonyl (C=O) groups excluding carboxylic acids is 1. The molecule has 2 aromatic carbocycles. The number of methoxy groups -OCH3 is 1. The number of benzene rings is 2. The zero-order chi connectivity index (χ0) is 17.6. The van der Waals surface area contributed by atoms with E-state index < -0.39 is 10.0 Å². The molecule has 0 fully saturated rings. The first-order valence-electron chi connectivity index (χ1n) is 7.38. The zero-order valence-electron chi connectivity index (χ0n) is 13.6. The van der Waals surface area contributed by atoms with Gasteiger partial charge in [-0.2, -0.15) is 0 Å². The molecule has 128 valence electrons. The minimum atomic E-state index is -3.63. The Labute approximate surface area is 142 Å². The monoisotopic (exact) mass is 348 g/mol. The average Bonchev–Trinajstić information content (AvgIpc) is 2.62. The summed E-state index contributed by atoms with van der Waals surface area (Å²) in [5, 5.41) is 2.71. The van der Waals surface area contributed by atoms with Gasteiger partial charge >= 0.3 is 0 Å². The Kier molecular flexibility index (Phi) is 5.94. The lowest BCUT2D eigenvalue weighted by Gasteiger charge is -2.19. The van der Waals surface area contributed by atoms with E-state index in [1.807, 2.05) is 0 Å². The Hall–Kier alpha value is -2.38. The van der Waals surface area contributed by atoms with E-state index in [9.17, 15) is 13.2 Å². The third-order valence-corrected chi connectivity index (χ3v) is 5.29. The molecular formula is C17H20N2O4S. The fraction of sp³-hybridized carbons (Fsp3) is 0.235. The van der Waals surface area contributed by atoms with Gasteiger partial charge in [0.15, 0.2) is 0 Å². The van der Waals surface area contributed by atoms with Gasteiger partial charge in [0.1, 0.15) is 0 Å². The SMILES string of the molecule is COCCNC(=O)c1ccc(N(C)S(=O)(=O)c2ccccc2)cc1. The molecule has 0 saturated heterocycles. The summed E-state index contributed by atoms with van der Waals surface area (Å²) in [6.07, 6.45) is 0. The molecule has 0 radical (unpaired) electrons. The van der Waals surface area contributed by atoms with E-state index in [2.05, 4.69) is 5.32 Å². The van der Waals surface area contributed by atoms with Crippen LogP contribution in [-0.2, 0) is 14.8 Å². The molecule has 0 aliphatic carbocycles. The van der Waals surface area contributed by atoms with Gasteiger partial charge in [0.25, 0.3) is 15.9 Å². The van der Waals surface area contributed by atoms with Crippen LogP contribution in [0.2, 0.25) is 0 Å². The number of nitrogens with zero attached hydrogens (tertiary/aromatic N) is 1. The van der Waals surface area contributed by atoms with Crippen molar-refractivity contribution in [2.45, 2.75) is 4.90 Å². The minimum Gasteiger partial charge on any atom is -0.383 e. The summed E-state index contributed by atoms with van der Waals surface area (Å²) in [6.45, 7) is 0.848. The fourth-order valence-corrected chi connectivity index (χ4v) is 3.30. The molecule has 6 nitrogen and oxygen atoms in total. The largest absolute Gasteiger partial charge is 0.383 e. The molecule has 0 atom stereocenters. The van der Waals surface area contributed by atoms with Crippen molar-refractivity contribution in [1.82, 2.24) is 5.32 Å². The first-order chi connectivity index (χ1) is 11.5. The molecule has 1 N–H and O–H groups in total. The molecule has 0 unspecified atom stereocenters. The van der Waals surface area contributed by atoms with Gasteiger partial charge in [-0.05, 0) is 36.4 Å². The summed E-state index contributed by atoms with van der Waals surface area (Å²) in [4.78, 5) is 12.1. The van der Waals surface area contributed by atoms with Gasteiger partial charge in [-0.25, -0.2) is 8.42 Å². The summed E-state index contributed by atoms with van der Waals surface area (Å²) < 4.78 is 31.2. The van der Waals surface area contributed by atoms with E-state index in [0.29, 0.717) is 24.4 Å². The second-order valence-corrected chi connectivity index (χ2v) is 7.05. The molecular weight excluding hydrogens is 328 g/mol. The molecule has 1 amide bonds. The number of rotatable bonds is 7. The van der Waals surface area contributed by atoms with Gasteiger partial charge in [-0.15, -0.1) is 0 Å². The van der Waals surface area contributed by atoms with Crippen molar-refractivity contribution in [3.63, 3.8) is 0 Å². The molecule has 2 aromatic rings. The first kappa shape index (κ1) is 18.0. The highest BCUT2D eigenvalue weighted by Crippen LogP contribution is 2.22. The van der Waals surface area contributed by atoms with Crippen molar-refractivity contribution in [3.8, 4) is 0 Å². The van der Waals surface area contributed by atoms with Gasteiger partial charge in [0, 0.05) is 26.3 Å². The van der Waals surface area contributed by atoms with Crippen LogP contribution in [0.25, 0.3) is 0 Å². The standard InChI is InChI=1S/C17H20N2O4S/c1-19(24(21,22)16-6-4-3-5-7-16)15-10-8-14(9-11-15)17(20)18-12-13-23-2/h3-11H,12-13H2,1-2H3,(H,18,20). The highest BCUT2D eigenvalue weighted by atomic mass is 32.2. The Morgan fingerprint density at radius 1 is 1.08 bits per heavy atom. The minimum absolute atomic E-state index is 0.217. The number of sulfonamides is 1. The molecule has 2 rings (SSSR count). The molecule has 0 saturated carbocycles. The Balaban J connectivity index is 2.14. The van der Waals surface area contributed by atoms with Gasteiger partial charge < -0.3 is 10.1 Å². The Bertz CT molecular complexity index is 774. The van der Waals surface area contributed by atoms with Crippen molar-refractivity contribution < 1.29 is 17.9 Å². The number of amides is 1. The summed E-state index contributed by atoms with van der Waals surface area (Å²) in [5.74, 6) is -0.229. The maximum Gasteiger partial charge on any atom is 0.264 e. The molecule has 7 heteroatoms. The van der Waals surface area contributed by atoms with Crippen LogP contribution in [0.15, 0.2) is 59.5 Å². The number of carbonyl (C=O) groups is 1. The average molecular weight is 348 g/mol. The van der Waals surface area contributed by atoms with Gasteiger partial charge in [0.05, 0.1) is 17.2 Å². The Morgan fingerprint density at radius 3 is 2.29 bits per heavy atom. The summed E-state index contributed by atoms with van der Waals surface area (Å²) in [7, 11) is -0.585. The lowest BCUT2D eigenvalue weighted by Crippen LogP contribution is -2.28. The molecule has 0 aromatic heterocycles. The Morgan fingerprint density at radius 2 is 1.71 bits per heavy atom.